The molecule has 2 saturated carbocycles. The summed E-state index contributed by atoms with van der Waals surface area (Å²) >= 11 is 0. The second kappa shape index (κ2) is 5.85. The van der Waals surface area contributed by atoms with Crippen LogP contribution >= 0.6 is 0 Å². The summed E-state index contributed by atoms with van der Waals surface area (Å²) in [6.07, 6.45) is -7.29. The van der Waals surface area contributed by atoms with Crippen LogP contribution in [0.3, 0.4) is 0 Å². The van der Waals surface area contributed by atoms with E-state index in [0.29, 0.717) is 5.57 Å². The van der Waals surface area contributed by atoms with Crippen LogP contribution in [0.1, 0.15) is 20.3 Å². The summed E-state index contributed by atoms with van der Waals surface area (Å²) in [5, 5.41) is 88.1. The first-order valence-corrected chi connectivity index (χ1v) is 10.3. The Bertz CT molecular complexity index is 877. The van der Waals surface area contributed by atoms with Gasteiger partial charge in [0, 0.05) is 11.3 Å². The number of rotatable bonds is 1. The molecule has 0 aromatic carbocycles. The van der Waals surface area contributed by atoms with E-state index in [-0.39, 0.29) is 6.42 Å². The first-order chi connectivity index (χ1) is 14.3. The Balaban J connectivity index is 1.86. The molecule has 2 saturated heterocycles. The van der Waals surface area contributed by atoms with Gasteiger partial charge in [-0.1, -0.05) is 18.6 Å². The molecule has 2 bridgehead atoms. The van der Waals surface area contributed by atoms with Crippen LogP contribution in [-0.2, 0) is 14.3 Å². The molecule has 0 aromatic rings. The van der Waals surface area contributed by atoms with Crippen LogP contribution in [0.15, 0.2) is 11.6 Å². The molecular formula is C20H28O11. The lowest BCUT2D eigenvalue weighted by Crippen LogP contribution is -2.90. The van der Waals surface area contributed by atoms with Crippen molar-refractivity contribution in [1.82, 2.24) is 0 Å². The number of fused-ring (bicyclic) bond motifs is 1. The number of carbonyl (C=O) groups excluding carboxylic acids is 1. The Hall–Kier alpha value is -1.15. The van der Waals surface area contributed by atoms with Crippen LogP contribution < -0.4 is 0 Å². The van der Waals surface area contributed by atoms with E-state index in [4.69, 9.17) is 9.47 Å². The highest BCUT2D eigenvalue weighted by molar-refractivity contribution is 5.79. The molecule has 5 rings (SSSR count). The van der Waals surface area contributed by atoms with E-state index in [2.05, 4.69) is 0 Å². The zero-order valence-corrected chi connectivity index (χ0v) is 17.0. The fourth-order valence-corrected chi connectivity index (χ4v) is 7.82. The number of aliphatic hydroxyl groups is 8. The van der Waals surface area contributed by atoms with Crippen LogP contribution in [0, 0.1) is 22.7 Å². The van der Waals surface area contributed by atoms with Crippen molar-refractivity contribution in [1.29, 1.82) is 0 Å². The quantitative estimate of drug-likeness (QED) is 0.145. The lowest BCUT2D eigenvalue weighted by molar-refractivity contribution is -0.419. The molecule has 2 heterocycles. The zero-order chi connectivity index (χ0) is 22.9. The minimum absolute atomic E-state index is 0.0247. The summed E-state index contributed by atoms with van der Waals surface area (Å²) in [6.45, 7) is 1.40. The second-order valence-electron chi connectivity index (χ2n) is 10.1. The molecule has 0 aromatic heterocycles. The molecule has 11 nitrogen and oxygen atoms in total. The van der Waals surface area contributed by atoms with Gasteiger partial charge in [-0.05, 0) is 19.3 Å². The van der Waals surface area contributed by atoms with Crippen molar-refractivity contribution in [2.45, 2.75) is 67.8 Å². The fraction of sp³-hybridized carbons (Fsp3) is 0.850. The highest BCUT2D eigenvalue weighted by Crippen LogP contribution is 2.75. The lowest BCUT2D eigenvalue weighted by atomic mass is 9.35. The maximum absolute atomic E-state index is 12.5. The number of allylic oxidation sites excluding steroid dienone is 1. The molecular weight excluding hydrogens is 416 g/mol. The van der Waals surface area contributed by atoms with E-state index < -0.39 is 89.4 Å². The Morgan fingerprint density at radius 3 is 2.42 bits per heavy atom. The zero-order valence-electron chi connectivity index (χ0n) is 17.0. The highest BCUT2D eigenvalue weighted by atomic mass is 16.7. The smallest absolute Gasteiger partial charge is 0.338 e. The van der Waals surface area contributed by atoms with Gasteiger partial charge in [-0.3, -0.25) is 0 Å². The highest BCUT2D eigenvalue weighted by Gasteiger charge is 2.91. The molecule has 12 unspecified atom stereocenters. The Morgan fingerprint density at radius 2 is 1.81 bits per heavy atom. The van der Waals surface area contributed by atoms with E-state index in [1.807, 2.05) is 0 Å². The molecule has 0 radical (unpaired) electrons. The number of aliphatic hydroxyl groups excluding tert-OH is 5. The molecule has 2 aliphatic heterocycles. The van der Waals surface area contributed by atoms with Gasteiger partial charge in [-0.2, -0.15) is 0 Å². The van der Waals surface area contributed by atoms with E-state index in [0.717, 1.165) is 0 Å². The van der Waals surface area contributed by atoms with Gasteiger partial charge in [-0.15, -0.1) is 0 Å². The van der Waals surface area contributed by atoms with Gasteiger partial charge in [0.2, 0.25) is 0 Å². The van der Waals surface area contributed by atoms with Gasteiger partial charge in [0.15, 0.2) is 17.5 Å². The van der Waals surface area contributed by atoms with E-state index in [1.165, 1.54) is 6.08 Å². The molecule has 0 amide bonds. The van der Waals surface area contributed by atoms with Crippen molar-refractivity contribution in [2.75, 3.05) is 13.2 Å². The van der Waals surface area contributed by atoms with Crippen LogP contribution in [0.25, 0.3) is 0 Å². The molecule has 4 fully saturated rings. The summed E-state index contributed by atoms with van der Waals surface area (Å²) in [4.78, 5) is 12.5. The predicted octanol–water partition coefficient (Wildman–Crippen LogP) is -3.87. The normalized spacial score (nSPS) is 62.5. The van der Waals surface area contributed by atoms with E-state index >= 15 is 0 Å². The molecule has 3 aliphatic carbocycles. The largest absolute Gasteiger partial charge is 0.460 e. The summed E-state index contributed by atoms with van der Waals surface area (Å²) < 4.78 is 11.1. The number of carbonyl (C=O) groups is 1. The molecule has 1 spiro atoms. The monoisotopic (exact) mass is 444 g/mol. The topological polar surface area (TPSA) is 197 Å². The van der Waals surface area contributed by atoms with Crippen molar-refractivity contribution in [3.05, 3.63) is 11.6 Å². The van der Waals surface area contributed by atoms with Crippen molar-refractivity contribution in [2.24, 2.45) is 22.7 Å². The average molecular weight is 444 g/mol. The van der Waals surface area contributed by atoms with Crippen molar-refractivity contribution in [3.63, 3.8) is 0 Å². The summed E-state index contributed by atoms with van der Waals surface area (Å²) in [5.41, 5.74) is -8.56. The average Bonchev–Trinajstić information content (AvgIpc) is 3.04. The predicted molar refractivity (Wildman–Crippen MR) is 97.7 cm³/mol. The van der Waals surface area contributed by atoms with Gasteiger partial charge in [0.1, 0.15) is 17.8 Å². The molecule has 11 heteroatoms. The van der Waals surface area contributed by atoms with Crippen LogP contribution in [-0.4, -0.2) is 108 Å². The third-order valence-corrected chi connectivity index (χ3v) is 9.14. The SMILES string of the molecule is CC1=CC(O)C(O)C2(C)C1CC1OC(=O)C(O)C3(O)C(O)(CO)C(O)C4(O)OCC13C42. The Morgan fingerprint density at radius 1 is 1.16 bits per heavy atom. The van der Waals surface area contributed by atoms with Crippen LogP contribution in [0.4, 0.5) is 0 Å². The van der Waals surface area contributed by atoms with Gasteiger partial charge in [-0.25, -0.2) is 4.79 Å². The lowest BCUT2D eigenvalue weighted by Gasteiger charge is -2.72. The third kappa shape index (κ3) is 1.89. The van der Waals surface area contributed by atoms with Crippen LogP contribution in [0.5, 0.6) is 0 Å². The summed E-state index contributed by atoms with van der Waals surface area (Å²) in [6, 6.07) is 0. The summed E-state index contributed by atoms with van der Waals surface area (Å²) in [7, 11) is 0. The second-order valence-corrected chi connectivity index (χ2v) is 10.1. The van der Waals surface area contributed by atoms with Crippen molar-refractivity contribution in [3.8, 4) is 0 Å². The first-order valence-electron chi connectivity index (χ1n) is 10.3. The number of hydrogen-bond acceptors (Lipinski definition) is 11. The number of esters is 1. The van der Waals surface area contributed by atoms with Gasteiger partial charge in [0.05, 0.1) is 30.8 Å². The number of ether oxygens (including phenoxy) is 2. The van der Waals surface area contributed by atoms with Crippen LogP contribution in [0.2, 0.25) is 0 Å². The minimum atomic E-state index is -2.96. The van der Waals surface area contributed by atoms with Gasteiger partial charge in [0.25, 0.3) is 0 Å². The summed E-state index contributed by atoms with van der Waals surface area (Å²) in [5.74, 6) is -5.83. The maximum atomic E-state index is 12.5. The third-order valence-electron chi connectivity index (χ3n) is 9.14. The van der Waals surface area contributed by atoms with Crippen molar-refractivity contribution < 1.29 is 55.1 Å². The molecule has 174 valence electrons. The van der Waals surface area contributed by atoms with Gasteiger partial charge < -0.3 is 50.3 Å². The molecule has 5 aliphatic rings. The molecule has 31 heavy (non-hydrogen) atoms. The number of hydrogen-bond donors (Lipinski definition) is 8. The van der Waals surface area contributed by atoms with E-state index in [1.54, 1.807) is 13.8 Å². The molecule has 8 N–H and O–H groups in total. The van der Waals surface area contributed by atoms with Gasteiger partial charge >= 0.3 is 5.97 Å². The van der Waals surface area contributed by atoms with E-state index in [9.17, 15) is 45.6 Å². The Labute approximate surface area is 177 Å². The first kappa shape index (κ1) is 21.7. The van der Waals surface area contributed by atoms with Crippen molar-refractivity contribution >= 4 is 5.97 Å². The standard InChI is InChI=1S/C20H28O11/c1-7-3-9(22)11(23)16(2)8(7)4-10-17-6-30-19(28,14(16)17)15(26)18(27,5-21)20(17,29)12(24)13(25)31-10/h3,8-12,14-15,21-24,26-29H,4-6H2,1-2H3. The Kier molecular flexibility index (Phi) is 4.09. The minimum Gasteiger partial charge on any atom is -0.460 e. The fourth-order valence-electron chi connectivity index (χ4n) is 7.82. The molecule has 12 atom stereocenters. The maximum Gasteiger partial charge on any atom is 0.338 e.